The first-order valence-corrected chi connectivity index (χ1v) is 9.28. The van der Waals surface area contributed by atoms with Gasteiger partial charge < -0.3 is 4.74 Å². The number of rotatable bonds is 12. The van der Waals surface area contributed by atoms with Gasteiger partial charge in [-0.05, 0) is 43.6 Å². The molecule has 1 aliphatic carbocycles. The van der Waals surface area contributed by atoms with Gasteiger partial charge in [0.2, 0.25) is 0 Å². The van der Waals surface area contributed by atoms with Crippen LogP contribution >= 0.6 is 0 Å². The molecule has 0 aliphatic heterocycles. The monoisotopic (exact) mass is 336 g/mol. The molecule has 3 atom stereocenters. The number of unbranched alkanes of at least 4 members (excludes halogenated alkanes) is 2. The highest BCUT2D eigenvalue weighted by Gasteiger charge is 2.30. The van der Waals surface area contributed by atoms with Crippen LogP contribution in [-0.4, -0.2) is 24.6 Å². The van der Waals surface area contributed by atoms with Gasteiger partial charge in [-0.15, -0.1) is 0 Å². The fraction of sp³-hybridized carbons (Fsp3) is 0.750. The molecule has 0 aromatic carbocycles. The van der Waals surface area contributed by atoms with Gasteiger partial charge in [-0.2, -0.15) is 0 Å². The van der Waals surface area contributed by atoms with E-state index in [4.69, 9.17) is 0 Å². The van der Waals surface area contributed by atoms with E-state index < -0.39 is 0 Å². The Morgan fingerprint density at radius 2 is 1.96 bits per heavy atom. The highest BCUT2D eigenvalue weighted by Crippen LogP contribution is 2.32. The molecule has 1 rings (SSSR count). The van der Waals surface area contributed by atoms with Crippen LogP contribution in [0.3, 0.4) is 0 Å². The molecule has 1 unspecified atom stereocenters. The molecule has 0 aromatic rings. The van der Waals surface area contributed by atoms with E-state index in [1.54, 1.807) is 6.08 Å². The van der Waals surface area contributed by atoms with Crippen LogP contribution in [0.15, 0.2) is 12.2 Å². The van der Waals surface area contributed by atoms with Crippen LogP contribution < -0.4 is 0 Å². The van der Waals surface area contributed by atoms with Crippen LogP contribution in [0.4, 0.5) is 0 Å². The molecular weight excluding hydrogens is 304 g/mol. The van der Waals surface area contributed by atoms with E-state index in [1.165, 1.54) is 7.11 Å². The fourth-order valence-electron chi connectivity index (χ4n) is 3.30. The lowest BCUT2D eigenvalue weighted by Gasteiger charge is -2.19. The molecule has 1 aliphatic rings. The zero-order chi connectivity index (χ0) is 17.9. The summed E-state index contributed by atoms with van der Waals surface area (Å²) >= 11 is 0. The van der Waals surface area contributed by atoms with Crippen LogP contribution in [0.1, 0.15) is 71.6 Å². The predicted octanol–water partition coefficient (Wildman–Crippen LogP) is 4.27. The maximum absolute atomic E-state index is 12.1. The van der Waals surface area contributed by atoms with E-state index in [1.807, 2.05) is 13.0 Å². The third-order valence-electron chi connectivity index (χ3n) is 4.92. The summed E-state index contributed by atoms with van der Waals surface area (Å²) in [4.78, 5) is 35.3. The highest BCUT2D eigenvalue weighted by atomic mass is 16.5. The van der Waals surface area contributed by atoms with Crippen molar-refractivity contribution in [1.29, 1.82) is 0 Å². The lowest BCUT2D eigenvalue weighted by Crippen LogP contribution is -2.18. The maximum Gasteiger partial charge on any atom is 0.305 e. The Balaban J connectivity index is 2.36. The second-order valence-corrected chi connectivity index (χ2v) is 7.03. The average Bonchev–Trinajstić information content (AvgIpc) is 2.91. The van der Waals surface area contributed by atoms with Crippen molar-refractivity contribution in [2.24, 2.45) is 17.8 Å². The van der Waals surface area contributed by atoms with Gasteiger partial charge in [-0.1, -0.05) is 32.8 Å². The quantitative estimate of drug-likeness (QED) is 0.394. The number of carbonyl (C=O) groups is 3. The molecule has 24 heavy (non-hydrogen) atoms. The molecule has 0 bridgehead atoms. The summed E-state index contributed by atoms with van der Waals surface area (Å²) in [5.41, 5.74) is 0. The number of hydrogen-bond donors (Lipinski definition) is 0. The average molecular weight is 336 g/mol. The first-order chi connectivity index (χ1) is 11.5. The molecule has 0 radical (unpaired) electrons. The number of ether oxygens (including phenoxy) is 1. The molecule has 0 fully saturated rings. The Kier molecular flexibility index (Phi) is 9.58. The SMILES string of the molecule is CCCCCC(=O)CC[C@H]1C=CC(=O)[C@H]1CCC(C)CC(=O)OC. The summed E-state index contributed by atoms with van der Waals surface area (Å²) in [5.74, 6) is 0.652. The zero-order valence-electron chi connectivity index (χ0n) is 15.4. The summed E-state index contributed by atoms with van der Waals surface area (Å²) in [6.07, 6.45) is 10.8. The Bertz CT molecular complexity index is 453. The molecule has 0 amide bonds. The first-order valence-electron chi connectivity index (χ1n) is 9.28. The van der Waals surface area contributed by atoms with Crippen molar-refractivity contribution >= 4 is 17.5 Å². The van der Waals surface area contributed by atoms with Gasteiger partial charge in [0.1, 0.15) is 5.78 Å². The minimum Gasteiger partial charge on any atom is -0.469 e. The molecule has 0 N–H and O–H groups in total. The van der Waals surface area contributed by atoms with Crippen LogP contribution in [0.2, 0.25) is 0 Å². The number of methoxy groups -OCH3 is 1. The standard InChI is InChI=1S/C20H32O4/c1-4-5-6-7-17(21)11-9-16-10-13-19(22)18(16)12-8-15(2)14-20(23)24-3/h10,13,15-16,18H,4-9,11-12,14H2,1-3H3/t15?,16-,18-/m0/s1. The van der Waals surface area contributed by atoms with E-state index in [2.05, 4.69) is 11.7 Å². The van der Waals surface area contributed by atoms with E-state index >= 15 is 0 Å². The van der Waals surface area contributed by atoms with Crippen LogP contribution in [0.5, 0.6) is 0 Å². The minimum atomic E-state index is -0.201. The van der Waals surface area contributed by atoms with Crippen molar-refractivity contribution in [3.8, 4) is 0 Å². The van der Waals surface area contributed by atoms with Gasteiger partial charge in [0, 0.05) is 25.2 Å². The summed E-state index contributed by atoms with van der Waals surface area (Å²) < 4.78 is 4.68. The lowest BCUT2D eigenvalue weighted by molar-refractivity contribution is -0.141. The van der Waals surface area contributed by atoms with E-state index in [-0.39, 0.29) is 29.5 Å². The maximum atomic E-state index is 12.1. The van der Waals surface area contributed by atoms with Gasteiger partial charge in [-0.3, -0.25) is 14.4 Å². The topological polar surface area (TPSA) is 60.4 Å². The number of esters is 1. The smallest absolute Gasteiger partial charge is 0.305 e. The molecule has 4 nitrogen and oxygen atoms in total. The highest BCUT2D eigenvalue weighted by molar-refractivity contribution is 5.94. The third kappa shape index (κ3) is 7.41. The number of allylic oxidation sites excluding steroid dienone is 2. The second-order valence-electron chi connectivity index (χ2n) is 7.03. The van der Waals surface area contributed by atoms with E-state index in [0.717, 1.165) is 38.5 Å². The van der Waals surface area contributed by atoms with Crippen molar-refractivity contribution in [2.45, 2.75) is 71.6 Å². The van der Waals surface area contributed by atoms with Crippen molar-refractivity contribution < 1.29 is 19.1 Å². The summed E-state index contributed by atoms with van der Waals surface area (Å²) in [6, 6.07) is 0. The number of Topliss-reactive ketones (excluding diaryl/α,β-unsaturated/α-hetero) is 1. The van der Waals surface area contributed by atoms with Crippen molar-refractivity contribution in [2.75, 3.05) is 7.11 Å². The molecule has 0 saturated heterocycles. The van der Waals surface area contributed by atoms with Gasteiger partial charge >= 0.3 is 5.97 Å². The normalized spacial score (nSPS) is 21.0. The van der Waals surface area contributed by atoms with E-state index in [9.17, 15) is 14.4 Å². The van der Waals surface area contributed by atoms with Gasteiger partial charge in [-0.25, -0.2) is 0 Å². The van der Waals surface area contributed by atoms with Crippen molar-refractivity contribution in [3.05, 3.63) is 12.2 Å². The Labute approximate surface area is 146 Å². The number of carbonyl (C=O) groups excluding carboxylic acids is 3. The Morgan fingerprint density at radius 1 is 1.21 bits per heavy atom. The summed E-state index contributed by atoms with van der Waals surface area (Å²) in [5, 5.41) is 0. The van der Waals surface area contributed by atoms with Crippen molar-refractivity contribution in [3.63, 3.8) is 0 Å². The van der Waals surface area contributed by atoms with Crippen LogP contribution in [0.25, 0.3) is 0 Å². The summed E-state index contributed by atoms with van der Waals surface area (Å²) in [7, 11) is 1.40. The molecule has 0 heterocycles. The molecule has 136 valence electrons. The van der Waals surface area contributed by atoms with Crippen LogP contribution in [-0.2, 0) is 19.1 Å². The second kappa shape index (κ2) is 11.2. The fourth-order valence-corrected chi connectivity index (χ4v) is 3.30. The number of ketones is 2. The molecule has 4 heteroatoms. The Hall–Kier alpha value is -1.45. The Morgan fingerprint density at radius 3 is 2.62 bits per heavy atom. The van der Waals surface area contributed by atoms with Gasteiger partial charge in [0.15, 0.2) is 5.78 Å². The largest absolute Gasteiger partial charge is 0.469 e. The molecule has 0 aromatic heterocycles. The van der Waals surface area contributed by atoms with Gasteiger partial charge in [0.05, 0.1) is 7.11 Å². The zero-order valence-corrected chi connectivity index (χ0v) is 15.4. The van der Waals surface area contributed by atoms with Gasteiger partial charge in [0.25, 0.3) is 0 Å². The minimum absolute atomic E-state index is 0.0199. The number of hydrogen-bond acceptors (Lipinski definition) is 4. The lowest BCUT2D eigenvalue weighted by atomic mass is 9.84. The van der Waals surface area contributed by atoms with Crippen molar-refractivity contribution in [1.82, 2.24) is 0 Å². The van der Waals surface area contributed by atoms with Crippen LogP contribution in [0, 0.1) is 17.8 Å². The predicted molar refractivity (Wildman–Crippen MR) is 94.5 cm³/mol. The molecule has 0 saturated carbocycles. The first kappa shape index (κ1) is 20.6. The summed E-state index contributed by atoms with van der Waals surface area (Å²) in [6.45, 7) is 4.14. The molecular formula is C20H32O4. The third-order valence-corrected chi connectivity index (χ3v) is 4.92. The molecule has 0 spiro atoms. The van der Waals surface area contributed by atoms with E-state index in [0.29, 0.717) is 25.0 Å².